The van der Waals surface area contributed by atoms with Crippen molar-refractivity contribution in [2.75, 3.05) is 12.3 Å². The third-order valence-electron chi connectivity index (χ3n) is 2.22. The number of carbonyl (C=O) groups is 1. The summed E-state index contributed by atoms with van der Waals surface area (Å²) in [5.74, 6) is 0.598. The topological polar surface area (TPSA) is 109 Å². The number of anilines is 1. The van der Waals surface area contributed by atoms with Crippen LogP contribution >= 0.6 is 0 Å². The van der Waals surface area contributed by atoms with Crippen molar-refractivity contribution in [1.29, 1.82) is 0 Å². The summed E-state index contributed by atoms with van der Waals surface area (Å²) in [6.45, 7) is 3.97. The molecule has 0 fully saturated rings. The van der Waals surface area contributed by atoms with Crippen LogP contribution in [0.15, 0.2) is 10.9 Å². The molecule has 0 spiro atoms. The van der Waals surface area contributed by atoms with E-state index in [-0.39, 0.29) is 24.7 Å². The molecule has 8 nitrogen and oxygen atoms in total. The van der Waals surface area contributed by atoms with Crippen molar-refractivity contribution in [1.82, 2.24) is 19.7 Å². The van der Waals surface area contributed by atoms with Gasteiger partial charge in [0.05, 0.1) is 12.9 Å². The van der Waals surface area contributed by atoms with Crippen molar-refractivity contribution < 1.29 is 14.1 Å². The molecule has 8 heteroatoms. The summed E-state index contributed by atoms with van der Waals surface area (Å²) in [5, 5.41) is 3.66. The number of esters is 1. The zero-order valence-corrected chi connectivity index (χ0v) is 10.1. The monoisotopic (exact) mass is 251 g/mol. The lowest BCUT2D eigenvalue weighted by molar-refractivity contribution is 0.0521. The molecule has 0 aromatic carbocycles. The van der Waals surface area contributed by atoms with E-state index in [1.807, 2.05) is 0 Å². The summed E-state index contributed by atoms with van der Waals surface area (Å²) in [5.41, 5.74) is 5.89. The average molecular weight is 251 g/mol. The standard InChI is InChI=1S/C10H13N5O3/c1-3-17-10(16)8-9(11)15(5-12-8)4-7-13-6(2)14-18-7/h5H,3-4,11H2,1-2H3. The van der Waals surface area contributed by atoms with Crippen LogP contribution in [0.4, 0.5) is 5.82 Å². The van der Waals surface area contributed by atoms with E-state index in [2.05, 4.69) is 15.1 Å². The van der Waals surface area contributed by atoms with Gasteiger partial charge in [-0.15, -0.1) is 0 Å². The molecule has 0 saturated heterocycles. The van der Waals surface area contributed by atoms with Crippen molar-refractivity contribution >= 4 is 11.8 Å². The Morgan fingerprint density at radius 2 is 2.39 bits per heavy atom. The van der Waals surface area contributed by atoms with Crippen molar-refractivity contribution in [3.63, 3.8) is 0 Å². The highest BCUT2D eigenvalue weighted by Gasteiger charge is 2.17. The van der Waals surface area contributed by atoms with Gasteiger partial charge in [0.1, 0.15) is 12.4 Å². The van der Waals surface area contributed by atoms with Gasteiger partial charge in [-0.3, -0.25) is 0 Å². The van der Waals surface area contributed by atoms with Gasteiger partial charge in [-0.25, -0.2) is 9.78 Å². The van der Waals surface area contributed by atoms with Crippen molar-refractivity contribution in [3.8, 4) is 0 Å². The maximum absolute atomic E-state index is 11.5. The van der Waals surface area contributed by atoms with Crippen molar-refractivity contribution in [2.24, 2.45) is 0 Å². The van der Waals surface area contributed by atoms with Crippen LogP contribution in [-0.4, -0.2) is 32.3 Å². The van der Waals surface area contributed by atoms with Crippen LogP contribution in [0.2, 0.25) is 0 Å². The zero-order valence-electron chi connectivity index (χ0n) is 10.1. The van der Waals surface area contributed by atoms with E-state index < -0.39 is 5.97 Å². The zero-order chi connectivity index (χ0) is 13.1. The summed E-state index contributed by atoms with van der Waals surface area (Å²) in [6, 6.07) is 0. The van der Waals surface area contributed by atoms with E-state index in [9.17, 15) is 4.79 Å². The second kappa shape index (κ2) is 4.86. The van der Waals surface area contributed by atoms with Crippen LogP contribution in [0.1, 0.15) is 29.1 Å². The normalized spacial score (nSPS) is 10.6. The number of nitrogens with zero attached hydrogens (tertiary/aromatic N) is 4. The number of nitrogens with two attached hydrogens (primary N) is 1. The number of nitrogen functional groups attached to an aromatic ring is 1. The Kier molecular flexibility index (Phi) is 3.26. The summed E-state index contributed by atoms with van der Waals surface area (Å²) >= 11 is 0. The van der Waals surface area contributed by atoms with Gasteiger partial charge in [-0.2, -0.15) is 4.98 Å². The van der Waals surface area contributed by atoms with Gasteiger partial charge in [-0.1, -0.05) is 5.16 Å². The first-order valence-electron chi connectivity index (χ1n) is 5.38. The SMILES string of the molecule is CCOC(=O)c1ncn(Cc2nc(C)no2)c1N. The molecular formula is C10H13N5O3. The number of hydrogen-bond donors (Lipinski definition) is 1. The van der Waals surface area contributed by atoms with E-state index in [1.54, 1.807) is 18.4 Å². The Bertz CT molecular complexity index is 560. The number of aryl methyl sites for hydroxylation is 1. The predicted octanol–water partition coefficient (Wildman–Crippen LogP) is 0.382. The molecule has 96 valence electrons. The highest BCUT2D eigenvalue weighted by atomic mass is 16.5. The van der Waals surface area contributed by atoms with Crippen LogP contribution in [0.3, 0.4) is 0 Å². The Morgan fingerprint density at radius 3 is 3.00 bits per heavy atom. The third-order valence-corrected chi connectivity index (χ3v) is 2.22. The second-order valence-corrected chi connectivity index (χ2v) is 3.56. The molecule has 2 aromatic heterocycles. The first-order chi connectivity index (χ1) is 8.61. The fraction of sp³-hybridized carbons (Fsp3) is 0.400. The van der Waals surface area contributed by atoms with Crippen LogP contribution in [-0.2, 0) is 11.3 Å². The van der Waals surface area contributed by atoms with Gasteiger partial charge in [0, 0.05) is 0 Å². The van der Waals surface area contributed by atoms with Gasteiger partial charge >= 0.3 is 5.97 Å². The molecule has 0 bridgehead atoms. The molecule has 0 aliphatic rings. The van der Waals surface area contributed by atoms with Crippen molar-refractivity contribution in [3.05, 3.63) is 23.7 Å². The number of imidazole rings is 1. The van der Waals surface area contributed by atoms with Gasteiger partial charge < -0.3 is 19.6 Å². The molecule has 0 amide bonds. The second-order valence-electron chi connectivity index (χ2n) is 3.56. The average Bonchev–Trinajstić information content (AvgIpc) is 2.88. The molecule has 0 aliphatic carbocycles. The lowest BCUT2D eigenvalue weighted by atomic mass is 10.4. The van der Waals surface area contributed by atoms with Gasteiger partial charge in [-0.05, 0) is 13.8 Å². The molecular weight excluding hydrogens is 238 g/mol. The summed E-state index contributed by atoms with van der Waals surface area (Å²) < 4.78 is 11.3. The lowest BCUT2D eigenvalue weighted by Crippen LogP contribution is -2.10. The highest BCUT2D eigenvalue weighted by Crippen LogP contribution is 2.13. The number of ether oxygens (including phenoxy) is 1. The maximum atomic E-state index is 11.5. The summed E-state index contributed by atoms with van der Waals surface area (Å²) in [6.07, 6.45) is 1.43. The number of hydrogen-bond acceptors (Lipinski definition) is 7. The van der Waals surface area contributed by atoms with E-state index in [4.69, 9.17) is 15.0 Å². The van der Waals surface area contributed by atoms with Crippen LogP contribution in [0.5, 0.6) is 0 Å². The smallest absolute Gasteiger partial charge is 0.360 e. The molecule has 0 unspecified atom stereocenters. The molecule has 2 aromatic rings. The number of rotatable bonds is 4. The minimum absolute atomic E-state index is 0.0908. The molecule has 0 atom stereocenters. The van der Waals surface area contributed by atoms with E-state index in [1.165, 1.54) is 6.33 Å². The largest absolute Gasteiger partial charge is 0.461 e. The predicted molar refractivity (Wildman–Crippen MR) is 60.7 cm³/mol. The molecule has 0 saturated carbocycles. The summed E-state index contributed by atoms with van der Waals surface area (Å²) in [4.78, 5) is 19.5. The van der Waals surface area contributed by atoms with Crippen LogP contribution in [0, 0.1) is 6.92 Å². The molecule has 18 heavy (non-hydrogen) atoms. The summed E-state index contributed by atoms with van der Waals surface area (Å²) in [7, 11) is 0. The first-order valence-corrected chi connectivity index (χ1v) is 5.38. The minimum Gasteiger partial charge on any atom is -0.461 e. The number of carbonyl (C=O) groups excluding carboxylic acids is 1. The van der Waals surface area contributed by atoms with E-state index in [0.717, 1.165) is 0 Å². The fourth-order valence-electron chi connectivity index (χ4n) is 1.42. The fourth-order valence-corrected chi connectivity index (χ4v) is 1.42. The Hall–Kier alpha value is -2.38. The Morgan fingerprint density at radius 1 is 1.61 bits per heavy atom. The first kappa shape index (κ1) is 12.1. The van der Waals surface area contributed by atoms with Gasteiger partial charge in [0.2, 0.25) is 5.89 Å². The molecule has 2 rings (SSSR count). The van der Waals surface area contributed by atoms with Gasteiger partial charge in [0.15, 0.2) is 11.5 Å². The van der Waals surface area contributed by atoms with E-state index in [0.29, 0.717) is 11.7 Å². The minimum atomic E-state index is -0.546. The van der Waals surface area contributed by atoms with E-state index >= 15 is 0 Å². The van der Waals surface area contributed by atoms with Crippen LogP contribution < -0.4 is 5.73 Å². The quantitative estimate of drug-likeness (QED) is 0.782. The molecule has 2 N–H and O–H groups in total. The Labute approximate surface area is 103 Å². The molecule has 2 heterocycles. The van der Waals surface area contributed by atoms with Crippen LogP contribution in [0.25, 0.3) is 0 Å². The van der Waals surface area contributed by atoms with Crippen molar-refractivity contribution in [2.45, 2.75) is 20.4 Å². The molecule has 0 radical (unpaired) electrons. The number of aromatic nitrogens is 4. The Balaban J connectivity index is 2.18. The lowest BCUT2D eigenvalue weighted by Gasteiger charge is -2.02. The highest BCUT2D eigenvalue weighted by molar-refractivity contribution is 5.92. The van der Waals surface area contributed by atoms with Gasteiger partial charge in [0.25, 0.3) is 0 Å². The maximum Gasteiger partial charge on any atom is 0.360 e. The molecule has 0 aliphatic heterocycles. The third kappa shape index (κ3) is 2.31.